The average molecular weight is 201 g/mol. The van der Waals surface area contributed by atoms with E-state index in [1.807, 2.05) is 0 Å². The molecule has 1 saturated carbocycles. The smallest absolute Gasteiger partial charge is 0.273 e. The number of hydrogen-bond donors (Lipinski definition) is 2. The van der Waals surface area contributed by atoms with Gasteiger partial charge in [0.25, 0.3) is 0 Å². The quantitative estimate of drug-likeness (QED) is 0.642. The van der Waals surface area contributed by atoms with Crippen LogP contribution in [0.15, 0.2) is 0 Å². The largest absolute Gasteiger partial charge is 0.333 e. The lowest BCUT2D eigenvalue weighted by atomic mass is 10.3. The second-order valence-electron chi connectivity index (χ2n) is 2.89. The molecule has 0 radical (unpaired) electrons. The number of alkyl halides is 2. The van der Waals surface area contributed by atoms with Crippen molar-refractivity contribution >= 4 is 10.3 Å². The molecular weight excluding hydrogens is 192 g/mol. The highest BCUT2D eigenvalue weighted by molar-refractivity contribution is 7.83. The van der Waals surface area contributed by atoms with Gasteiger partial charge in [-0.1, -0.05) is 0 Å². The van der Waals surface area contributed by atoms with Crippen LogP contribution in [0.25, 0.3) is 0 Å². The lowest BCUT2D eigenvalue weighted by molar-refractivity contribution is 0.00757. The van der Waals surface area contributed by atoms with Crippen molar-refractivity contribution in [2.75, 3.05) is 0 Å². The third kappa shape index (κ3) is 3.00. The van der Waals surface area contributed by atoms with Crippen molar-refractivity contribution in [3.05, 3.63) is 0 Å². The van der Waals surface area contributed by atoms with Gasteiger partial charge in [-0.05, 0) is 6.42 Å². The molecule has 0 aromatic carbocycles. The molecule has 0 amide bonds. The maximum Gasteiger partial charge on any atom is 0.333 e. The zero-order valence-electron chi connectivity index (χ0n) is 6.13. The van der Waals surface area contributed by atoms with Gasteiger partial charge in [0, 0.05) is 18.9 Å². The van der Waals surface area contributed by atoms with Crippen LogP contribution in [0, 0.1) is 0 Å². The van der Waals surface area contributed by atoms with Crippen molar-refractivity contribution < 1.29 is 21.8 Å². The van der Waals surface area contributed by atoms with Crippen LogP contribution in [0.1, 0.15) is 19.3 Å². The molecule has 12 heavy (non-hydrogen) atoms. The normalized spacial score (nSPS) is 29.1. The van der Waals surface area contributed by atoms with Crippen LogP contribution in [-0.2, 0) is 10.3 Å². The fourth-order valence-corrected chi connectivity index (χ4v) is 1.88. The van der Waals surface area contributed by atoms with Crippen LogP contribution in [-0.4, -0.2) is 24.9 Å². The first-order valence-corrected chi connectivity index (χ1v) is 4.85. The predicted octanol–water partition coefficient (Wildman–Crippen LogP) is 0.567. The van der Waals surface area contributed by atoms with E-state index in [0.717, 1.165) is 0 Å². The molecule has 1 atom stereocenters. The van der Waals surface area contributed by atoms with Gasteiger partial charge in [-0.3, -0.25) is 4.55 Å². The summed E-state index contributed by atoms with van der Waals surface area (Å²) in [6.45, 7) is 0. The van der Waals surface area contributed by atoms with E-state index in [4.69, 9.17) is 4.55 Å². The molecular formula is C5H9F2NO3S. The maximum atomic E-state index is 12.5. The fourth-order valence-electron chi connectivity index (χ4n) is 1.26. The second-order valence-corrected chi connectivity index (χ2v) is 4.07. The van der Waals surface area contributed by atoms with Crippen molar-refractivity contribution in [3.8, 4) is 0 Å². The van der Waals surface area contributed by atoms with E-state index < -0.39 is 28.7 Å². The zero-order chi connectivity index (χ0) is 9.41. The summed E-state index contributed by atoms with van der Waals surface area (Å²) in [6, 6.07) is -0.838. The van der Waals surface area contributed by atoms with Gasteiger partial charge < -0.3 is 0 Å². The van der Waals surface area contributed by atoms with Crippen molar-refractivity contribution in [2.45, 2.75) is 31.2 Å². The second kappa shape index (κ2) is 2.90. The molecule has 0 saturated heterocycles. The molecule has 4 nitrogen and oxygen atoms in total. The third-order valence-electron chi connectivity index (χ3n) is 1.72. The standard InChI is InChI=1S/C5H9F2NO3S/c6-5(7)2-1-4(3-5)8-12(9,10)11/h4,8H,1-3H2,(H,9,10,11). The highest BCUT2D eigenvalue weighted by Gasteiger charge is 2.40. The van der Waals surface area contributed by atoms with Crippen LogP contribution in [0.3, 0.4) is 0 Å². The first kappa shape index (κ1) is 9.82. The minimum absolute atomic E-state index is 0.0623. The Hall–Kier alpha value is -0.270. The Labute approximate surface area is 68.8 Å². The zero-order valence-corrected chi connectivity index (χ0v) is 6.94. The summed E-state index contributed by atoms with van der Waals surface area (Å²) in [5, 5.41) is 0. The topological polar surface area (TPSA) is 66.4 Å². The Morgan fingerprint density at radius 3 is 2.42 bits per heavy atom. The van der Waals surface area contributed by atoms with Crippen LogP contribution in [0.5, 0.6) is 0 Å². The highest BCUT2D eigenvalue weighted by Crippen LogP contribution is 2.34. The van der Waals surface area contributed by atoms with Crippen molar-refractivity contribution in [2.24, 2.45) is 0 Å². The van der Waals surface area contributed by atoms with Gasteiger partial charge in [0.1, 0.15) is 0 Å². The SMILES string of the molecule is O=S(=O)(O)NC1CCC(F)(F)C1. The number of hydrogen-bond acceptors (Lipinski definition) is 2. The van der Waals surface area contributed by atoms with Crippen LogP contribution >= 0.6 is 0 Å². The van der Waals surface area contributed by atoms with Crippen molar-refractivity contribution in [1.29, 1.82) is 0 Å². The minimum Gasteiger partial charge on any atom is -0.273 e. The van der Waals surface area contributed by atoms with E-state index in [-0.39, 0.29) is 12.8 Å². The van der Waals surface area contributed by atoms with E-state index in [1.165, 1.54) is 0 Å². The Morgan fingerprint density at radius 2 is 2.08 bits per heavy atom. The van der Waals surface area contributed by atoms with Crippen LogP contribution in [0.2, 0.25) is 0 Å². The highest BCUT2D eigenvalue weighted by atomic mass is 32.2. The van der Waals surface area contributed by atoms with E-state index in [2.05, 4.69) is 0 Å². The molecule has 1 fully saturated rings. The molecule has 0 aliphatic heterocycles. The van der Waals surface area contributed by atoms with Gasteiger partial charge in [0.15, 0.2) is 0 Å². The molecule has 0 heterocycles. The van der Waals surface area contributed by atoms with E-state index >= 15 is 0 Å². The molecule has 0 spiro atoms. The lowest BCUT2D eigenvalue weighted by Gasteiger charge is -2.09. The first-order valence-electron chi connectivity index (χ1n) is 3.41. The molecule has 72 valence electrons. The molecule has 0 bridgehead atoms. The Bertz CT molecular complexity index is 264. The van der Waals surface area contributed by atoms with Gasteiger partial charge in [0.2, 0.25) is 5.92 Å². The predicted molar refractivity (Wildman–Crippen MR) is 37.3 cm³/mol. The molecule has 1 aliphatic carbocycles. The molecule has 0 aromatic heterocycles. The molecule has 0 aromatic rings. The Kier molecular flexibility index (Phi) is 2.37. The summed E-state index contributed by atoms with van der Waals surface area (Å²) in [5.41, 5.74) is 0. The van der Waals surface area contributed by atoms with Gasteiger partial charge in [0.05, 0.1) is 0 Å². The summed E-state index contributed by atoms with van der Waals surface area (Å²) in [6.07, 6.45) is -0.806. The first-order chi connectivity index (χ1) is 5.29. The summed E-state index contributed by atoms with van der Waals surface area (Å²) in [4.78, 5) is 0. The molecule has 1 rings (SSSR count). The van der Waals surface area contributed by atoms with Gasteiger partial charge in [-0.25, -0.2) is 8.78 Å². The summed E-state index contributed by atoms with van der Waals surface area (Å²) >= 11 is 0. The molecule has 1 aliphatic rings. The number of halogens is 2. The van der Waals surface area contributed by atoms with E-state index in [0.29, 0.717) is 0 Å². The Morgan fingerprint density at radius 1 is 1.50 bits per heavy atom. The summed E-state index contributed by atoms with van der Waals surface area (Å²) < 4.78 is 55.3. The van der Waals surface area contributed by atoms with Crippen molar-refractivity contribution in [1.82, 2.24) is 4.72 Å². The number of nitrogens with one attached hydrogen (secondary N) is 1. The summed E-state index contributed by atoms with van der Waals surface area (Å²) in [7, 11) is -4.34. The summed E-state index contributed by atoms with van der Waals surface area (Å²) in [5.74, 6) is -2.80. The minimum atomic E-state index is -4.34. The van der Waals surface area contributed by atoms with Crippen molar-refractivity contribution in [3.63, 3.8) is 0 Å². The van der Waals surface area contributed by atoms with Gasteiger partial charge >= 0.3 is 10.3 Å². The van der Waals surface area contributed by atoms with E-state index in [1.54, 1.807) is 4.72 Å². The lowest BCUT2D eigenvalue weighted by Crippen LogP contribution is -2.33. The monoisotopic (exact) mass is 201 g/mol. The molecule has 1 unspecified atom stereocenters. The Balaban J connectivity index is 2.49. The van der Waals surface area contributed by atoms with E-state index in [9.17, 15) is 17.2 Å². The third-order valence-corrected chi connectivity index (χ3v) is 2.35. The van der Waals surface area contributed by atoms with Crippen LogP contribution < -0.4 is 4.72 Å². The fraction of sp³-hybridized carbons (Fsp3) is 1.00. The maximum absolute atomic E-state index is 12.5. The number of rotatable bonds is 2. The van der Waals surface area contributed by atoms with Crippen LogP contribution in [0.4, 0.5) is 8.78 Å². The molecule has 7 heteroatoms. The van der Waals surface area contributed by atoms with Gasteiger partial charge in [-0.15, -0.1) is 0 Å². The van der Waals surface area contributed by atoms with Gasteiger partial charge in [-0.2, -0.15) is 13.1 Å². The molecule has 2 N–H and O–H groups in total. The average Bonchev–Trinajstić information content (AvgIpc) is 2.05.